The Morgan fingerprint density at radius 3 is 2.50 bits per heavy atom. The maximum Gasteiger partial charge on any atom is 0.123 e. The first kappa shape index (κ1) is 11.6. The lowest BCUT2D eigenvalue weighted by molar-refractivity contribution is 0.380. The van der Waals surface area contributed by atoms with Crippen molar-refractivity contribution in [1.82, 2.24) is 5.32 Å². The molecule has 0 bridgehead atoms. The zero-order valence-electron chi connectivity index (χ0n) is 9.88. The fourth-order valence-electron chi connectivity index (χ4n) is 2.51. The van der Waals surface area contributed by atoms with Crippen molar-refractivity contribution in [3.8, 4) is 0 Å². The van der Waals surface area contributed by atoms with E-state index in [1.807, 2.05) is 12.1 Å². The Morgan fingerprint density at radius 1 is 1.25 bits per heavy atom. The number of rotatable bonds is 4. The van der Waals surface area contributed by atoms with E-state index in [4.69, 9.17) is 0 Å². The zero-order chi connectivity index (χ0) is 11.4. The van der Waals surface area contributed by atoms with Gasteiger partial charge in [-0.2, -0.15) is 0 Å². The van der Waals surface area contributed by atoms with Gasteiger partial charge in [-0.3, -0.25) is 0 Å². The van der Waals surface area contributed by atoms with Crippen molar-refractivity contribution in [1.29, 1.82) is 0 Å². The summed E-state index contributed by atoms with van der Waals surface area (Å²) >= 11 is 0. The van der Waals surface area contributed by atoms with E-state index >= 15 is 0 Å². The SMILES string of the molecule is C[C@H](NCc1ccc(F)cc1)C1CCCC1. The van der Waals surface area contributed by atoms with Crippen LogP contribution >= 0.6 is 0 Å². The van der Waals surface area contributed by atoms with Gasteiger partial charge in [0.25, 0.3) is 0 Å². The molecule has 1 aliphatic rings. The molecule has 1 fully saturated rings. The number of nitrogens with one attached hydrogen (secondary N) is 1. The molecule has 2 heteroatoms. The summed E-state index contributed by atoms with van der Waals surface area (Å²) in [5.41, 5.74) is 1.16. The van der Waals surface area contributed by atoms with Crippen LogP contribution in [-0.2, 0) is 6.54 Å². The molecule has 0 heterocycles. The highest BCUT2D eigenvalue weighted by molar-refractivity contribution is 5.15. The summed E-state index contributed by atoms with van der Waals surface area (Å²) in [4.78, 5) is 0. The Bertz CT molecular complexity index is 314. The Kier molecular flexibility index (Phi) is 3.94. The molecular weight excluding hydrogens is 201 g/mol. The minimum atomic E-state index is -0.160. The molecule has 88 valence electrons. The molecule has 1 aliphatic carbocycles. The van der Waals surface area contributed by atoms with Gasteiger partial charge in [-0.1, -0.05) is 25.0 Å². The Labute approximate surface area is 97.1 Å². The number of hydrogen-bond donors (Lipinski definition) is 1. The van der Waals surface area contributed by atoms with Crippen LogP contribution in [-0.4, -0.2) is 6.04 Å². The van der Waals surface area contributed by atoms with Gasteiger partial charge in [0.1, 0.15) is 5.82 Å². The van der Waals surface area contributed by atoms with E-state index in [2.05, 4.69) is 12.2 Å². The van der Waals surface area contributed by atoms with E-state index in [0.717, 1.165) is 18.0 Å². The topological polar surface area (TPSA) is 12.0 Å². The maximum absolute atomic E-state index is 12.7. The standard InChI is InChI=1S/C14H20FN/c1-11(13-4-2-3-5-13)16-10-12-6-8-14(15)9-7-12/h6-9,11,13,16H,2-5,10H2,1H3/t11-/m0/s1. The second-order valence-corrected chi connectivity index (χ2v) is 4.84. The van der Waals surface area contributed by atoms with Crippen LogP contribution in [0.25, 0.3) is 0 Å². The molecule has 0 aliphatic heterocycles. The van der Waals surface area contributed by atoms with E-state index in [1.165, 1.54) is 37.8 Å². The average Bonchev–Trinajstić information content (AvgIpc) is 2.81. The molecule has 2 rings (SSSR count). The fraction of sp³-hybridized carbons (Fsp3) is 0.571. The van der Waals surface area contributed by atoms with Crippen LogP contribution in [0.1, 0.15) is 38.2 Å². The summed E-state index contributed by atoms with van der Waals surface area (Å²) in [7, 11) is 0. The van der Waals surface area contributed by atoms with Crippen molar-refractivity contribution in [2.45, 2.75) is 45.2 Å². The molecule has 16 heavy (non-hydrogen) atoms. The number of hydrogen-bond acceptors (Lipinski definition) is 1. The maximum atomic E-state index is 12.7. The Balaban J connectivity index is 1.80. The molecule has 1 saturated carbocycles. The third kappa shape index (κ3) is 3.05. The van der Waals surface area contributed by atoms with Gasteiger partial charge < -0.3 is 5.32 Å². The molecule has 0 saturated heterocycles. The second kappa shape index (κ2) is 5.44. The average molecular weight is 221 g/mol. The van der Waals surface area contributed by atoms with Crippen LogP contribution < -0.4 is 5.32 Å². The minimum absolute atomic E-state index is 0.160. The van der Waals surface area contributed by atoms with Gasteiger partial charge >= 0.3 is 0 Å². The van der Waals surface area contributed by atoms with Gasteiger partial charge in [0.2, 0.25) is 0 Å². The lowest BCUT2D eigenvalue weighted by Crippen LogP contribution is -2.31. The summed E-state index contributed by atoms with van der Waals surface area (Å²) in [5.74, 6) is 0.674. The van der Waals surface area contributed by atoms with Gasteiger partial charge in [0, 0.05) is 12.6 Å². The first-order chi connectivity index (χ1) is 7.75. The third-order valence-electron chi connectivity index (χ3n) is 3.65. The van der Waals surface area contributed by atoms with E-state index in [1.54, 1.807) is 0 Å². The lowest BCUT2D eigenvalue weighted by Gasteiger charge is -2.20. The van der Waals surface area contributed by atoms with Crippen molar-refractivity contribution in [3.05, 3.63) is 35.6 Å². The molecule has 1 nitrogen and oxygen atoms in total. The Morgan fingerprint density at radius 2 is 1.88 bits per heavy atom. The predicted molar refractivity (Wildman–Crippen MR) is 64.7 cm³/mol. The van der Waals surface area contributed by atoms with Crippen LogP contribution in [0.2, 0.25) is 0 Å². The molecular formula is C14H20FN. The van der Waals surface area contributed by atoms with Crippen molar-refractivity contribution in [3.63, 3.8) is 0 Å². The van der Waals surface area contributed by atoms with Gasteiger partial charge in [-0.15, -0.1) is 0 Å². The first-order valence-electron chi connectivity index (χ1n) is 6.23. The van der Waals surface area contributed by atoms with Crippen LogP contribution in [0.3, 0.4) is 0 Å². The van der Waals surface area contributed by atoms with Gasteiger partial charge in [0.05, 0.1) is 0 Å². The molecule has 1 atom stereocenters. The largest absolute Gasteiger partial charge is 0.310 e. The first-order valence-corrected chi connectivity index (χ1v) is 6.23. The molecule has 0 aromatic heterocycles. The van der Waals surface area contributed by atoms with Gasteiger partial charge in [-0.05, 0) is 43.4 Å². The van der Waals surface area contributed by atoms with Crippen LogP contribution in [0.4, 0.5) is 4.39 Å². The van der Waals surface area contributed by atoms with Gasteiger partial charge in [0.15, 0.2) is 0 Å². The highest BCUT2D eigenvalue weighted by atomic mass is 19.1. The number of benzene rings is 1. The van der Waals surface area contributed by atoms with Crippen LogP contribution in [0, 0.1) is 11.7 Å². The van der Waals surface area contributed by atoms with Crippen molar-refractivity contribution in [2.75, 3.05) is 0 Å². The van der Waals surface area contributed by atoms with E-state index in [-0.39, 0.29) is 5.82 Å². The quantitative estimate of drug-likeness (QED) is 0.820. The second-order valence-electron chi connectivity index (χ2n) is 4.84. The van der Waals surface area contributed by atoms with E-state index in [0.29, 0.717) is 6.04 Å². The summed E-state index contributed by atoms with van der Waals surface area (Å²) < 4.78 is 12.7. The molecule has 0 radical (unpaired) electrons. The van der Waals surface area contributed by atoms with Gasteiger partial charge in [-0.25, -0.2) is 4.39 Å². The predicted octanol–water partition coefficient (Wildman–Crippen LogP) is 3.49. The smallest absolute Gasteiger partial charge is 0.123 e. The van der Waals surface area contributed by atoms with Crippen LogP contribution in [0.5, 0.6) is 0 Å². The molecule has 1 N–H and O–H groups in total. The molecule has 1 aromatic rings. The van der Waals surface area contributed by atoms with Crippen LogP contribution in [0.15, 0.2) is 24.3 Å². The summed E-state index contributed by atoms with van der Waals surface area (Å²) in [6.45, 7) is 3.11. The minimum Gasteiger partial charge on any atom is -0.310 e. The monoisotopic (exact) mass is 221 g/mol. The summed E-state index contributed by atoms with van der Waals surface area (Å²) in [6.07, 6.45) is 5.48. The third-order valence-corrected chi connectivity index (χ3v) is 3.65. The highest BCUT2D eigenvalue weighted by Crippen LogP contribution is 2.27. The summed E-state index contributed by atoms with van der Waals surface area (Å²) in [6, 6.07) is 7.33. The lowest BCUT2D eigenvalue weighted by atomic mass is 9.99. The Hall–Kier alpha value is -0.890. The van der Waals surface area contributed by atoms with E-state index < -0.39 is 0 Å². The fourth-order valence-corrected chi connectivity index (χ4v) is 2.51. The zero-order valence-corrected chi connectivity index (χ0v) is 9.88. The van der Waals surface area contributed by atoms with Crippen molar-refractivity contribution < 1.29 is 4.39 Å². The molecule has 0 spiro atoms. The van der Waals surface area contributed by atoms with E-state index in [9.17, 15) is 4.39 Å². The van der Waals surface area contributed by atoms with Crippen molar-refractivity contribution in [2.24, 2.45) is 5.92 Å². The number of halogens is 1. The molecule has 1 aromatic carbocycles. The summed E-state index contributed by atoms with van der Waals surface area (Å²) in [5, 5.41) is 3.54. The molecule has 0 amide bonds. The molecule has 0 unspecified atom stereocenters. The highest BCUT2D eigenvalue weighted by Gasteiger charge is 2.20. The normalized spacial score (nSPS) is 18.9. The van der Waals surface area contributed by atoms with Crippen molar-refractivity contribution >= 4 is 0 Å².